The van der Waals surface area contributed by atoms with Gasteiger partial charge in [-0.05, 0) is 38.7 Å². The number of amides is 1. The summed E-state index contributed by atoms with van der Waals surface area (Å²) in [5.74, 6) is -0.803. The number of ether oxygens (including phenoxy) is 3. The lowest BCUT2D eigenvalue weighted by Crippen LogP contribution is -2.33. The second-order valence-corrected chi connectivity index (χ2v) is 24.1. The van der Waals surface area contributed by atoms with Gasteiger partial charge in [0.25, 0.3) is 5.56 Å². The maximum Gasteiger partial charge on any atom is 0.472 e. The third-order valence-electron chi connectivity index (χ3n) is 14.3. The molecule has 0 bridgehead atoms. The smallest absolute Gasteiger partial charge is 0.457 e. The Morgan fingerprint density at radius 3 is 1.77 bits per heavy atom. The van der Waals surface area contributed by atoms with Gasteiger partial charge in [0, 0.05) is 37.2 Å². The van der Waals surface area contributed by atoms with Crippen molar-refractivity contribution in [3.63, 3.8) is 0 Å². The first-order chi connectivity index (χ1) is 38.5. The van der Waals surface area contributed by atoms with E-state index in [1.165, 1.54) is 139 Å². The number of hydrogen-bond donors (Lipinski definition) is 5. The SMILES string of the molecule is CCCCCCCCCCCCCCCC(=O)Nc1ccn(C2CCC(COP(=O)(O)OCC(COP(=O)(O)OCC3OC(n4cc(C)c(=O)[nH]c4=O)CC3N=[N+]=N)OC(=O)CCCCCCCCCCCCCCC)O2)c(=O)n1. The molecule has 4 rings (SSSR count). The quantitative estimate of drug-likeness (QED) is 0.0135. The predicted octanol–water partition coefficient (Wildman–Crippen LogP) is 11.1. The fraction of sp³-hybridized carbons (Fsp3) is 0.815. The average Bonchev–Trinajstić information content (AvgIpc) is 4.07. The number of aromatic amines is 1. The number of unbranched alkanes of at least 4 members (excludes halogenated alkanes) is 24. The zero-order valence-electron chi connectivity index (χ0n) is 47.7. The van der Waals surface area contributed by atoms with E-state index in [0.717, 1.165) is 55.9 Å². The fourth-order valence-corrected chi connectivity index (χ4v) is 11.2. The number of phosphoric acid groups is 2. The van der Waals surface area contributed by atoms with Gasteiger partial charge in [-0.15, -0.1) is 0 Å². The molecule has 2 fully saturated rings. The molecule has 2 aromatic rings. The van der Waals surface area contributed by atoms with Crippen molar-refractivity contribution < 1.29 is 60.8 Å². The molecule has 0 aromatic carbocycles. The molecule has 80 heavy (non-hydrogen) atoms. The summed E-state index contributed by atoms with van der Waals surface area (Å²) in [6, 6.07) is 0.601. The number of carbonyl (C=O) groups excluding carboxylic acids is 2. The molecular weight excluding hydrogens is 1080 g/mol. The standard InChI is InChI=1S/C54H92N8O16P2/c1-4-6-8-10-12-14-16-18-20-22-24-26-28-30-48(63)56-47-34-35-61(53(66)57-47)49-33-32-43(76-49)38-72-79(68,69)73-39-44(77-51(64)31-29-27-25-23-21-19-17-15-13-11-9-7-5-2)40-74-80(70,71)75-41-46-45(59-60-55)36-50(78-46)62-37-42(3)52(65)58-54(62)67/h34-35,37,43-46,49-50,55H,4-33,36,38-41H2,1-3H3,(H3-,56,57,58,63,65,66,67,68,69,70,71)/p+1. The van der Waals surface area contributed by atoms with E-state index < -0.39 is 102 Å². The van der Waals surface area contributed by atoms with Crippen LogP contribution in [0.3, 0.4) is 0 Å². The Hall–Kier alpha value is -4.05. The number of hydrogen-bond acceptors (Lipinski definition) is 17. The Labute approximate surface area is 471 Å². The number of rotatable bonds is 45. The van der Waals surface area contributed by atoms with Crippen LogP contribution >= 0.6 is 15.6 Å². The maximum absolute atomic E-state index is 13.2. The highest BCUT2D eigenvalue weighted by Crippen LogP contribution is 2.47. The Morgan fingerprint density at radius 2 is 1.25 bits per heavy atom. The number of H-pyrrole nitrogens is 1. The highest BCUT2D eigenvalue weighted by molar-refractivity contribution is 7.47. The topological polar surface area (TPSA) is 325 Å². The number of nitrogens with one attached hydrogen (secondary N) is 3. The summed E-state index contributed by atoms with van der Waals surface area (Å²) >= 11 is 0. The summed E-state index contributed by atoms with van der Waals surface area (Å²) in [6.07, 6.45) is 28.6. The van der Waals surface area contributed by atoms with Gasteiger partial charge in [0.15, 0.2) is 6.04 Å². The van der Waals surface area contributed by atoms with Crippen LogP contribution in [0.4, 0.5) is 5.82 Å². The lowest BCUT2D eigenvalue weighted by Gasteiger charge is -2.22. The Morgan fingerprint density at radius 1 is 0.738 bits per heavy atom. The minimum Gasteiger partial charge on any atom is -0.457 e. The first-order valence-corrected chi connectivity index (χ1v) is 32.5. The highest BCUT2D eigenvalue weighted by atomic mass is 31.2. The van der Waals surface area contributed by atoms with E-state index in [2.05, 4.69) is 39.2 Å². The van der Waals surface area contributed by atoms with Crippen molar-refractivity contribution in [1.82, 2.24) is 24.0 Å². The van der Waals surface area contributed by atoms with Crippen molar-refractivity contribution in [2.45, 2.75) is 257 Å². The molecule has 8 unspecified atom stereocenters. The third-order valence-corrected chi connectivity index (χ3v) is 16.2. The number of esters is 1. The van der Waals surface area contributed by atoms with Gasteiger partial charge in [-0.25, -0.2) is 18.7 Å². The van der Waals surface area contributed by atoms with Crippen LogP contribution in [-0.4, -0.2) is 91.5 Å². The number of aromatic nitrogens is 4. The molecule has 0 aliphatic carbocycles. The van der Waals surface area contributed by atoms with Crippen LogP contribution in [0.5, 0.6) is 0 Å². The van der Waals surface area contributed by atoms with E-state index in [-0.39, 0.29) is 30.1 Å². The molecule has 5 N–H and O–H groups in total. The van der Waals surface area contributed by atoms with Gasteiger partial charge in [0.1, 0.15) is 41.1 Å². The van der Waals surface area contributed by atoms with Crippen molar-refractivity contribution in [3.8, 4) is 0 Å². The minimum absolute atomic E-state index is 0.00330. The number of nitrogens with zero attached hydrogens (tertiary/aromatic N) is 5. The van der Waals surface area contributed by atoms with Crippen LogP contribution in [0.2, 0.25) is 0 Å². The Bertz CT molecular complexity index is 2450. The maximum atomic E-state index is 13.2. The lowest BCUT2D eigenvalue weighted by molar-refractivity contribution is -0.153. The summed E-state index contributed by atoms with van der Waals surface area (Å²) in [5, 5.41) is 6.48. The molecular formula is C54H93N8O16P2+. The Kier molecular flexibility index (Phi) is 33.1. The minimum atomic E-state index is -4.99. The summed E-state index contributed by atoms with van der Waals surface area (Å²) in [7, 11) is -9.88. The molecule has 26 heteroatoms. The van der Waals surface area contributed by atoms with Gasteiger partial charge >= 0.3 is 33.0 Å². The van der Waals surface area contributed by atoms with E-state index >= 15 is 0 Å². The van der Waals surface area contributed by atoms with E-state index in [1.807, 2.05) is 0 Å². The first kappa shape index (κ1) is 68.4. The number of anilines is 1. The summed E-state index contributed by atoms with van der Waals surface area (Å²) in [6.45, 7) is 3.23. The summed E-state index contributed by atoms with van der Waals surface area (Å²) < 4.78 is 66.9. The number of phosphoric ester groups is 2. The van der Waals surface area contributed by atoms with E-state index in [1.54, 1.807) is 0 Å². The van der Waals surface area contributed by atoms with Crippen LogP contribution < -0.4 is 27.2 Å². The van der Waals surface area contributed by atoms with Crippen molar-refractivity contribution in [2.75, 3.05) is 31.7 Å². The average molecular weight is 1170 g/mol. The molecule has 0 radical (unpaired) electrons. The van der Waals surface area contributed by atoms with Crippen LogP contribution in [0.25, 0.3) is 0 Å². The fourth-order valence-electron chi connectivity index (χ4n) is 9.68. The van der Waals surface area contributed by atoms with Gasteiger partial charge in [-0.3, -0.25) is 46.6 Å². The zero-order valence-corrected chi connectivity index (χ0v) is 49.5. The van der Waals surface area contributed by atoms with E-state index in [0.29, 0.717) is 25.7 Å². The van der Waals surface area contributed by atoms with Gasteiger partial charge in [0.2, 0.25) is 10.8 Å². The molecule has 1 amide bonds. The highest BCUT2D eigenvalue weighted by Gasteiger charge is 2.42. The second kappa shape index (κ2) is 38.7. The van der Waals surface area contributed by atoms with E-state index in [4.69, 9.17) is 37.8 Å². The molecule has 4 heterocycles. The predicted molar refractivity (Wildman–Crippen MR) is 300 cm³/mol. The number of aryl methyl sites for hydroxylation is 1. The normalized spacial score (nSPS) is 20.0. The second-order valence-electron chi connectivity index (χ2n) is 21.2. The zero-order chi connectivity index (χ0) is 58.0. The van der Waals surface area contributed by atoms with Gasteiger partial charge in [-0.1, -0.05) is 168 Å². The van der Waals surface area contributed by atoms with E-state index in [9.17, 15) is 42.9 Å². The van der Waals surface area contributed by atoms with Crippen molar-refractivity contribution in [3.05, 3.63) is 55.3 Å². The Balaban J connectivity index is 1.22. The molecule has 0 spiro atoms. The van der Waals surface area contributed by atoms with Gasteiger partial charge in [-0.2, -0.15) is 4.98 Å². The van der Waals surface area contributed by atoms with Gasteiger partial charge in [0.05, 0.1) is 32.5 Å². The molecule has 2 aliphatic rings. The van der Waals surface area contributed by atoms with Crippen LogP contribution in [-0.2, 0) is 51.0 Å². The first-order valence-electron chi connectivity index (χ1n) is 29.5. The summed E-state index contributed by atoms with van der Waals surface area (Å²) in [4.78, 5) is 93.7. The van der Waals surface area contributed by atoms with Crippen LogP contribution in [0.15, 0.2) is 38.0 Å². The molecule has 0 saturated carbocycles. The molecule has 2 saturated heterocycles. The molecule has 8 atom stereocenters. The van der Waals surface area contributed by atoms with Crippen LogP contribution in [0, 0.1) is 12.5 Å². The molecule has 454 valence electrons. The van der Waals surface area contributed by atoms with Crippen molar-refractivity contribution >= 4 is 33.3 Å². The van der Waals surface area contributed by atoms with Crippen molar-refractivity contribution in [2.24, 2.45) is 5.11 Å². The third kappa shape index (κ3) is 27.8. The summed E-state index contributed by atoms with van der Waals surface area (Å²) in [5.41, 5.74) is 5.44. The number of carbonyl (C=O) groups is 2. The van der Waals surface area contributed by atoms with Gasteiger partial charge < -0.3 is 29.3 Å². The van der Waals surface area contributed by atoms with Crippen molar-refractivity contribution in [1.29, 1.82) is 5.53 Å². The lowest BCUT2D eigenvalue weighted by atomic mass is 10.0. The van der Waals surface area contributed by atoms with Crippen LogP contribution in [0.1, 0.15) is 231 Å². The molecule has 2 aliphatic heterocycles. The molecule has 24 nitrogen and oxygen atoms in total. The molecule has 2 aromatic heterocycles. The largest absolute Gasteiger partial charge is 0.472 e. The monoisotopic (exact) mass is 1170 g/mol.